The van der Waals surface area contributed by atoms with Gasteiger partial charge in [0.05, 0.1) is 0 Å². The molecule has 0 aliphatic carbocycles. The standard InChI is InChI=1S/C29H65N3OSi/c1-9-16-28(5)33-34-27-20-29(17-13-24-30(6)21-10-2,18-14-25-31(7)22-11-3)19-15-26-32(8)23-12-4/h28H,9-27,34H2,1-8H3. The van der Waals surface area contributed by atoms with Crippen molar-refractivity contribution in [2.45, 2.75) is 124 Å². The molecule has 1 atom stereocenters. The molecule has 0 saturated carbocycles. The Labute approximate surface area is 218 Å². The van der Waals surface area contributed by atoms with Crippen LogP contribution < -0.4 is 0 Å². The molecular weight excluding hydrogens is 434 g/mol. The first-order valence-corrected chi connectivity index (χ1v) is 16.6. The lowest BCUT2D eigenvalue weighted by Crippen LogP contribution is -2.29. The van der Waals surface area contributed by atoms with Gasteiger partial charge >= 0.3 is 0 Å². The van der Waals surface area contributed by atoms with Gasteiger partial charge in [-0.3, -0.25) is 0 Å². The maximum Gasteiger partial charge on any atom is 0.161 e. The minimum absolute atomic E-state index is 0.409. The van der Waals surface area contributed by atoms with E-state index in [2.05, 4.69) is 70.5 Å². The zero-order chi connectivity index (χ0) is 25.7. The van der Waals surface area contributed by atoms with E-state index in [1.807, 2.05) is 0 Å². The number of rotatable bonds is 25. The Kier molecular flexibility index (Phi) is 22.3. The molecule has 0 spiro atoms. The van der Waals surface area contributed by atoms with Crippen molar-refractivity contribution < 1.29 is 4.43 Å². The molecule has 5 heteroatoms. The number of hydrogen-bond acceptors (Lipinski definition) is 4. The highest BCUT2D eigenvalue weighted by Gasteiger charge is 2.29. The van der Waals surface area contributed by atoms with E-state index in [-0.39, 0.29) is 0 Å². The van der Waals surface area contributed by atoms with E-state index in [0.717, 1.165) is 0 Å². The lowest BCUT2D eigenvalue weighted by atomic mass is 9.73. The Hall–Kier alpha value is 0.0569. The normalized spacial score (nSPS) is 13.9. The zero-order valence-corrected chi connectivity index (χ0v) is 26.4. The summed E-state index contributed by atoms with van der Waals surface area (Å²) in [4.78, 5) is 7.62. The van der Waals surface area contributed by atoms with Gasteiger partial charge in [0.15, 0.2) is 9.76 Å². The molecule has 0 aliphatic heterocycles. The Morgan fingerprint density at radius 2 is 1.03 bits per heavy atom. The molecule has 4 nitrogen and oxygen atoms in total. The van der Waals surface area contributed by atoms with Crippen LogP contribution in [0.5, 0.6) is 0 Å². The van der Waals surface area contributed by atoms with E-state index >= 15 is 0 Å². The molecule has 0 amide bonds. The van der Waals surface area contributed by atoms with E-state index in [9.17, 15) is 0 Å². The summed E-state index contributed by atoms with van der Waals surface area (Å²) in [5, 5.41) is 0. The van der Waals surface area contributed by atoms with Gasteiger partial charge in [-0.2, -0.15) is 0 Å². The van der Waals surface area contributed by atoms with Crippen LogP contribution in [0.1, 0.15) is 112 Å². The van der Waals surface area contributed by atoms with Crippen molar-refractivity contribution >= 4 is 9.76 Å². The van der Waals surface area contributed by atoms with Gasteiger partial charge in [-0.25, -0.2) is 0 Å². The lowest BCUT2D eigenvalue weighted by Gasteiger charge is -2.36. The fourth-order valence-corrected chi connectivity index (χ4v) is 7.25. The van der Waals surface area contributed by atoms with Gasteiger partial charge in [-0.1, -0.05) is 34.1 Å². The summed E-state index contributed by atoms with van der Waals surface area (Å²) in [7, 11) is 6.51. The van der Waals surface area contributed by atoms with Gasteiger partial charge in [0.1, 0.15) is 0 Å². The maximum atomic E-state index is 6.32. The molecular formula is C29H65N3OSi. The fourth-order valence-electron chi connectivity index (χ4n) is 5.62. The van der Waals surface area contributed by atoms with E-state index in [4.69, 9.17) is 4.43 Å². The number of hydrogen-bond donors (Lipinski definition) is 0. The van der Waals surface area contributed by atoms with Crippen molar-refractivity contribution in [1.29, 1.82) is 0 Å². The first-order chi connectivity index (χ1) is 16.3. The topological polar surface area (TPSA) is 19.0 Å². The lowest BCUT2D eigenvalue weighted by molar-refractivity contribution is 0.159. The van der Waals surface area contributed by atoms with Crippen LogP contribution >= 0.6 is 0 Å². The van der Waals surface area contributed by atoms with Gasteiger partial charge in [0.25, 0.3) is 0 Å². The molecule has 0 aromatic heterocycles. The minimum Gasteiger partial charge on any atom is -0.421 e. The highest BCUT2D eigenvalue weighted by atomic mass is 28.2. The largest absolute Gasteiger partial charge is 0.421 e. The summed E-state index contributed by atoms with van der Waals surface area (Å²) in [5.41, 5.74) is 0.511. The van der Waals surface area contributed by atoms with E-state index in [0.29, 0.717) is 11.5 Å². The van der Waals surface area contributed by atoms with E-state index < -0.39 is 9.76 Å². The smallest absolute Gasteiger partial charge is 0.161 e. The Bertz CT molecular complexity index is 392. The molecule has 0 heterocycles. The maximum absolute atomic E-state index is 6.32. The van der Waals surface area contributed by atoms with Crippen LogP contribution in [0.3, 0.4) is 0 Å². The molecule has 206 valence electrons. The first kappa shape index (κ1) is 34.1. The molecule has 0 saturated heterocycles. The monoisotopic (exact) mass is 499 g/mol. The van der Waals surface area contributed by atoms with Crippen LogP contribution in [0.25, 0.3) is 0 Å². The summed E-state index contributed by atoms with van der Waals surface area (Å²) in [6.07, 6.45) is 16.3. The third kappa shape index (κ3) is 18.3. The van der Waals surface area contributed by atoms with Crippen LogP contribution in [0, 0.1) is 5.41 Å². The average molecular weight is 500 g/mol. The SMILES string of the molecule is CCCC(C)O[SiH2]CCC(CCCN(C)CCC)(CCCN(C)CCC)CCCN(C)CCC. The molecule has 0 N–H and O–H groups in total. The van der Waals surface area contributed by atoms with Crippen LogP contribution in [0.15, 0.2) is 0 Å². The quantitative estimate of drug-likeness (QED) is 0.106. The summed E-state index contributed by atoms with van der Waals surface area (Å²) < 4.78 is 6.32. The summed E-state index contributed by atoms with van der Waals surface area (Å²) in [6.45, 7) is 18.9. The molecule has 0 aromatic carbocycles. The van der Waals surface area contributed by atoms with Gasteiger partial charge < -0.3 is 19.1 Å². The van der Waals surface area contributed by atoms with Gasteiger partial charge in [-0.05, 0) is 149 Å². The fraction of sp³-hybridized carbons (Fsp3) is 1.00. The van der Waals surface area contributed by atoms with Crippen molar-refractivity contribution in [3.8, 4) is 0 Å². The summed E-state index contributed by atoms with van der Waals surface area (Å²) in [6, 6.07) is 1.36. The van der Waals surface area contributed by atoms with Crippen LogP contribution in [-0.2, 0) is 4.43 Å². The van der Waals surface area contributed by atoms with Gasteiger partial charge in [-0.15, -0.1) is 0 Å². The molecule has 0 aromatic rings. The van der Waals surface area contributed by atoms with Gasteiger partial charge in [0, 0.05) is 6.10 Å². The highest BCUT2D eigenvalue weighted by molar-refractivity contribution is 6.27. The van der Waals surface area contributed by atoms with Crippen LogP contribution in [0.4, 0.5) is 0 Å². The van der Waals surface area contributed by atoms with E-state index in [1.54, 1.807) is 0 Å². The van der Waals surface area contributed by atoms with Crippen molar-refractivity contribution in [2.75, 3.05) is 60.4 Å². The zero-order valence-electron chi connectivity index (χ0n) is 25.0. The average Bonchev–Trinajstić information content (AvgIpc) is 2.77. The van der Waals surface area contributed by atoms with Crippen molar-refractivity contribution in [3.63, 3.8) is 0 Å². The van der Waals surface area contributed by atoms with Crippen LogP contribution in [0.2, 0.25) is 6.04 Å². The third-order valence-electron chi connectivity index (χ3n) is 7.51. The predicted molar refractivity (Wildman–Crippen MR) is 157 cm³/mol. The molecule has 1 unspecified atom stereocenters. The second kappa shape index (κ2) is 22.3. The second-order valence-electron chi connectivity index (χ2n) is 11.3. The molecule has 0 rings (SSSR count). The van der Waals surface area contributed by atoms with Crippen molar-refractivity contribution in [1.82, 2.24) is 14.7 Å². The molecule has 0 radical (unpaired) electrons. The summed E-state index contributed by atoms with van der Waals surface area (Å²) in [5.74, 6) is 0. The van der Waals surface area contributed by atoms with Crippen molar-refractivity contribution in [3.05, 3.63) is 0 Å². The predicted octanol–water partition coefficient (Wildman–Crippen LogP) is 6.44. The summed E-state index contributed by atoms with van der Waals surface area (Å²) >= 11 is 0. The molecule has 34 heavy (non-hydrogen) atoms. The Balaban J connectivity index is 5.15. The molecule has 0 fully saturated rings. The molecule has 0 aliphatic rings. The van der Waals surface area contributed by atoms with Crippen LogP contribution in [-0.4, -0.2) is 91.0 Å². The number of nitrogens with zero attached hydrogens (tertiary/aromatic N) is 3. The highest BCUT2D eigenvalue weighted by Crippen LogP contribution is 2.40. The van der Waals surface area contributed by atoms with E-state index in [1.165, 1.54) is 122 Å². The Morgan fingerprint density at radius 3 is 1.38 bits per heavy atom. The minimum atomic E-state index is -0.409. The second-order valence-corrected chi connectivity index (χ2v) is 12.7. The first-order valence-electron chi connectivity index (χ1n) is 15.0. The Morgan fingerprint density at radius 1 is 0.618 bits per heavy atom. The van der Waals surface area contributed by atoms with Gasteiger partial charge in [0.2, 0.25) is 0 Å². The molecule has 0 bridgehead atoms. The third-order valence-corrected chi connectivity index (χ3v) is 8.95. The van der Waals surface area contributed by atoms with Crippen molar-refractivity contribution in [2.24, 2.45) is 5.41 Å².